The molecule has 0 saturated heterocycles. The molecule has 8 heteroatoms. The summed E-state index contributed by atoms with van der Waals surface area (Å²) in [5, 5.41) is 15.2. The third-order valence-electron chi connectivity index (χ3n) is 7.41. The van der Waals surface area contributed by atoms with E-state index in [2.05, 4.69) is 10.2 Å². The van der Waals surface area contributed by atoms with E-state index in [9.17, 15) is 0 Å². The standard InChI is InChI=1S/C22H26N4O3S/c1-27-16-7-15(8-17(28-2)18(16)29-3)19-23-24-21-26(19)25-20(30-21)22-9-12-4-13(10-22)6-14(5-12)11-22/h7-8,12-14H,4-6,9-11H2,1-3H3. The van der Waals surface area contributed by atoms with Crippen LogP contribution in [0.15, 0.2) is 12.1 Å². The first-order valence-electron chi connectivity index (χ1n) is 10.7. The van der Waals surface area contributed by atoms with E-state index in [0.717, 1.165) is 28.3 Å². The summed E-state index contributed by atoms with van der Waals surface area (Å²) >= 11 is 1.72. The third kappa shape index (κ3) is 2.58. The van der Waals surface area contributed by atoms with Crippen LogP contribution in [0.3, 0.4) is 0 Å². The normalized spacial score (nSPS) is 29.5. The predicted molar refractivity (Wildman–Crippen MR) is 114 cm³/mol. The molecule has 3 aromatic rings. The van der Waals surface area contributed by atoms with Crippen molar-refractivity contribution in [1.29, 1.82) is 0 Å². The van der Waals surface area contributed by atoms with E-state index in [4.69, 9.17) is 19.3 Å². The van der Waals surface area contributed by atoms with Crippen molar-refractivity contribution in [1.82, 2.24) is 19.8 Å². The van der Waals surface area contributed by atoms with Gasteiger partial charge in [-0.3, -0.25) is 0 Å². The monoisotopic (exact) mass is 426 g/mol. The van der Waals surface area contributed by atoms with Crippen molar-refractivity contribution >= 4 is 16.3 Å². The second-order valence-corrected chi connectivity index (χ2v) is 10.2. The van der Waals surface area contributed by atoms with E-state index in [1.807, 2.05) is 16.6 Å². The van der Waals surface area contributed by atoms with Gasteiger partial charge in [0.05, 0.1) is 21.3 Å². The van der Waals surface area contributed by atoms with Crippen LogP contribution in [0.5, 0.6) is 17.2 Å². The summed E-state index contributed by atoms with van der Waals surface area (Å²) in [6.45, 7) is 0. The molecule has 2 heterocycles. The first-order chi connectivity index (χ1) is 14.6. The number of nitrogens with zero attached hydrogens (tertiary/aromatic N) is 4. The van der Waals surface area contributed by atoms with E-state index >= 15 is 0 Å². The Hall–Kier alpha value is -2.35. The molecule has 2 aromatic heterocycles. The van der Waals surface area contributed by atoms with Gasteiger partial charge in [0.1, 0.15) is 5.01 Å². The summed E-state index contributed by atoms with van der Waals surface area (Å²) in [6.07, 6.45) is 8.17. The number of rotatable bonds is 5. The van der Waals surface area contributed by atoms with Crippen LogP contribution >= 0.6 is 11.3 Å². The van der Waals surface area contributed by atoms with Crippen LogP contribution in [0.25, 0.3) is 16.3 Å². The Kier molecular flexibility index (Phi) is 4.04. The Morgan fingerprint density at radius 2 is 1.50 bits per heavy atom. The van der Waals surface area contributed by atoms with Gasteiger partial charge in [-0.05, 0) is 68.4 Å². The molecule has 4 fully saturated rings. The number of ether oxygens (including phenoxy) is 3. The summed E-state index contributed by atoms with van der Waals surface area (Å²) in [7, 11) is 4.84. The quantitative estimate of drug-likeness (QED) is 0.604. The van der Waals surface area contributed by atoms with E-state index < -0.39 is 0 Å². The summed E-state index contributed by atoms with van der Waals surface area (Å²) < 4.78 is 18.4. The maximum Gasteiger partial charge on any atom is 0.234 e. The Bertz CT molecular complexity index is 1060. The van der Waals surface area contributed by atoms with Gasteiger partial charge in [0, 0.05) is 11.0 Å². The predicted octanol–water partition coefficient (Wildman–Crippen LogP) is 4.35. The highest BCUT2D eigenvalue weighted by atomic mass is 32.1. The molecule has 0 aliphatic heterocycles. The minimum Gasteiger partial charge on any atom is -0.493 e. The Labute approximate surface area is 179 Å². The van der Waals surface area contributed by atoms with Crippen LogP contribution in [-0.4, -0.2) is 41.1 Å². The van der Waals surface area contributed by atoms with E-state index in [1.54, 1.807) is 32.7 Å². The molecule has 0 N–H and O–H groups in total. The van der Waals surface area contributed by atoms with Crippen LogP contribution in [0.1, 0.15) is 43.5 Å². The largest absolute Gasteiger partial charge is 0.493 e. The fourth-order valence-corrected chi connectivity index (χ4v) is 7.65. The van der Waals surface area contributed by atoms with Crippen molar-refractivity contribution in [2.24, 2.45) is 17.8 Å². The molecule has 4 aliphatic carbocycles. The first-order valence-corrected chi connectivity index (χ1v) is 11.5. The van der Waals surface area contributed by atoms with E-state index in [1.165, 1.54) is 43.5 Å². The molecule has 4 saturated carbocycles. The van der Waals surface area contributed by atoms with Crippen LogP contribution in [-0.2, 0) is 5.41 Å². The summed E-state index contributed by atoms with van der Waals surface area (Å²) in [5.74, 6) is 5.13. The van der Waals surface area contributed by atoms with Crippen molar-refractivity contribution < 1.29 is 14.2 Å². The van der Waals surface area contributed by atoms with Gasteiger partial charge in [0.15, 0.2) is 17.3 Å². The highest BCUT2D eigenvalue weighted by molar-refractivity contribution is 7.16. The summed E-state index contributed by atoms with van der Waals surface area (Å²) in [6, 6.07) is 3.81. The van der Waals surface area contributed by atoms with Crippen LogP contribution in [0, 0.1) is 17.8 Å². The van der Waals surface area contributed by atoms with Crippen molar-refractivity contribution in [3.05, 3.63) is 17.1 Å². The molecular formula is C22H26N4O3S. The van der Waals surface area contributed by atoms with E-state index in [0.29, 0.717) is 23.1 Å². The Balaban J connectivity index is 1.44. The molecule has 0 atom stereocenters. The lowest BCUT2D eigenvalue weighted by Crippen LogP contribution is -2.48. The number of methoxy groups -OCH3 is 3. The molecule has 30 heavy (non-hydrogen) atoms. The number of aromatic nitrogens is 4. The molecule has 7 rings (SSSR count). The van der Waals surface area contributed by atoms with Crippen LogP contribution in [0.2, 0.25) is 0 Å². The molecule has 1 aromatic carbocycles. The molecule has 4 bridgehead atoms. The lowest BCUT2D eigenvalue weighted by Gasteiger charge is -2.55. The zero-order valence-corrected chi connectivity index (χ0v) is 18.4. The highest BCUT2D eigenvalue weighted by Crippen LogP contribution is 2.61. The Morgan fingerprint density at radius 3 is 2.03 bits per heavy atom. The van der Waals surface area contributed by atoms with Gasteiger partial charge < -0.3 is 14.2 Å². The average Bonchev–Trinajstić information content (AvgIpc) is 3.33. The zero-order valence-electron chi connectivity index (χ0n) is 17.6. The number of benzene rings is 1. The SMILES string of the molecule is COc1cc(-c2nnc3sc(C45CC6CC(CC(C6)C4)C5)nn23)cc(OC)c1OC. The molecule has 158 valence electrons. The lowest BCUT2D eigenvalue weighted by molar-refractivity contribution is -0.00565. The lowest BCUT2D eigenvalue weighted by atomic mass is 9.50. The van der Waals surface area contributed by atoms with Gasteiger partial charge in [-0.2, -0.15) is 9.61 Å². The van der Waals surface area contributed by atoms with E-state index in [-0.39, 0.29) is 5.41 Å². The van der Waals surface area contributed by atoms with Crippen molar-refractivity contribution in [2.75, 3.05) is 21.3 Å². The van der Waals surface area contributed by atoms with Gasteiger partial charge in [-0.1, -0.05) is 11.3 Å². The second kappa shape index (κ2) is 6.57. The third-order valence-corrected chi connectivity index (χ3v) is 8.55. The molecule has 7 nitrogen and oxygen atoms in total. The van der Waals surface area contributed by atoms with Crippen LogP contribution < -0.4 is 14.2 Å². The van der Waals surface area contributed by atoms with Crippen molar-refractivity contribution in [3.63, 3.8) is 0 Å². The second-order valence-electron chi connectivity index (χ2n) is 9.24. The smallest absolute Gasteiger partial charge is 0.234 e. The van der Waals surface area contributed by atoms with Gasteiger partial charge in [0.2, 0.25) is 10.7 Å². The minimum atomic E-state index is 0.257. The fraction of sp³-hybridized carbons (Fsp3) is 0.591. The molecule has 4 aliphatic rings. The molecule has 0 unspecified atom stereocenters. The maximum atomic E-state index is 5.52. The fourth-order valence-electron chi connectivity index (χ4n) is 6.59. The number of fused-ring (bicyclic) bond motifs is 1. The number of hydrogen-bond acceptors (Lipinski definition) is 7. The maximum absolute atomic E-state index is 5.52. The summed E-state index contributed by atoms with van der Waals surface area (Å²) in [5.41, 5.74) is 1.10. The van der Waals surface area contributed by atoms with Gasteiger partial charge in [-0.25, -0.2) is 0 Å². The molecule has 0 radical (unpaired) electrons. The summed E-state index contributed by atoms with van der Waals surface area (Å²) in [4.78, 5) is 0.851. The molecular weight excluding hydrogens is 400 g/mol. The molecule has 0 amide bonds. The van der Waals surface area contributed by atoms with Crippen molar-refractivity contribution in [2.45, 2.75) is 43.9 Å². The minimum absolute atomic E-state index is 0.257. The highest BCUT2D eigenvalue weighted by Gasteiger charge is 2.53. The van der Waals surface area contributed by atoms with Gasteiger partial charge in [-0.15, -0.1) is 10.2 Å². The zero-order chi connectivity index (χ0) is 20.5. The number of hydrogen-bond donors (Lipinski definition) is 0. The average molecular weight is 427 g/mol. The van der Waals surface area contributed by atoms with Gasteiger partial charge in [0.25, 0.3) is 0 Å². The Morgan fingerprint density at radius 1 is 0.900 bits per heavy atom. The molecule has 0 spiro atoms. The van der Waals surface area contributed by atoms with Crippen LogP contribution in [0.4, 0.5) is 0 Å². The topological polar surface area (TPSA) is 70.8 Å². The first kappa shape index (κ1) is 18.4. The van der Waals surface area contributed by atoms with Gasteiger partial charge >= 0.3 is 0 Å². The van der Waals surface area contributed by atoms with Crippen molar-refractivity contribution in [3.8, 4) is 28.6 Å².